The predicted molar refractivity (Wildman–Crippen MR) is 112 cm³/mol. The number of hydrogen-bond donors (Lipinski definition) is 1. The number of amides is 1. The summed E-state index contributed by atoms with van der Waals surface area (Å²) in [4.78, 5) is 14.8. The Morgan fingerprint density at radius 2 is 1.84 bits per heavy atom. The molecule has 1 aliphatic carbocycles. The van der Waals surface area contributed by atoms with E-state index in [1.807, 2.05) is 0 Å². The van der Waals surface area contributed by atoms with Crippen molar-refractivity contribution in [3.05, 3.63) is 17.5 Å². The Balaban J connectivity index is 1.18. The van der Waals surface area contributed by atoms with Crippen LogP contribution in [0.5, 0.6) is 0 Å². The Morgan fingerprint density at radius 3 is 2.45 bits per heavy atom. The van der Waals surface area contributed by atoms with E-state index in [1.54, 1.807) is 4.31 Å². The molecule has 1 amide bonds. The van der Waals surface area contributed by atoms with Gasteiger partial charge in [0.2, 0.25) is 10.0 Å². The van der Waals surface area contributed by atoms with Crippen LogP contribution in [0.2, 0.25) is 0 Å². The maximum atomic E-state index is 13.2. The number of halogens is 1. The number of sulfonamides is 1. The summed E-state index contributed by atoms with van der Waals surface area (Å²) >= 11 is 0. The molecule has 4 aliphatic rings. The van der Waals surface area contributed by atoms with Gasteiger partial charge in [0.05, 0.1) is 11.7 Å². The summed E-state index contributed by atoms with van der Waals surface area (Å²) in [6.45, 7) is 1.91. The first-order valence-electron chi connectivity index (χ1n) is 11.4. The van der Waals surface area contributed by atoms with Crippen molar-refractivity contribution in [2.24, 2.45) is 5.92 Å². The molecule has 1 N–H and O–H groups in total. The molecule has 5 rings (SSSR count). The van der Waals surface area contributed by atoms with E-state index in [0.717, 1.165) is 38.8 Å². The first-order valence-corrected chi connectivity index (χ1v) is 13.0. The van der Waals surface area contributed by atoms with Crippen LogP contribution < -0.4 is 5.32 Å². The van der Waals surface area contributed by atoms with Gasteiger partial charge in [0.1, 0.15) is 11.9 Å². The third kappa shape index (κ3) is 4.39. The van der Waals surface area contributed by atoms with Crippen molar-refractivity contribution in [2.75, 3.05) is 25.9 Å². The van der Waals surface area contributed by atoms with Gasteiger partial charge in [-0.25, -0.2) is 12.8 Å². The molecule has 1 unspecified atom stereocenters. The van der Waals surface area contributed by atoms with Crippen LogP contribution in [0.1, 0.15) is 67.1 Å². The Bertz CT molecular complexity index is 916. The second-order valence-electron chi connectivity index (χ2n) is 9.85. The summed E-state index contributed by atoms with van der Waals surface area (Å²) in [6, 6.07) is 1.34. The summed E-state index contributed by atoms with van der Waals surface area (Å²) in [5.74, 6) is 0.284. The summed E-state index contributed by atoms with van der Waals surface area (Å²) in [6.07, 6.45) is 4.31. The zero-order valence-corrected chi connectivity index (χ0v) is 18.7. The Morgan fingerprint density at radius 1 is 1.19 bits per heavy atom. The number of piperidine rings is 2. The minimum absolute atomic E-state index is 0.0491. The van der Waals surface area contributed by atoms with Crippen LogP contribution in [0.4, 0.5) is 4.39 Å². The summed E-state index contributed by atoms with van der Waals surface area (Å²) in [5.41, 5.74) is 0.166. The number of hydrogen-bond acceptors (Lipinski definition) is 6. The lowest BCUT2D eigenvalue weighted by molar-refractivity contribution is 0.0900. The fraction of sp³-hybridized carbons (Fsp3) is 0.810. The first-order chi connectivity index (χ1) is 14.8. The molecular weight excluding hydrogens is 423 g/mol. The van der Waals surface area contributed by atoms with Crippen LogP contribution in [0.3, 0.4) is 0 Å². The summed E-state index contributed by atoms with van der Waals surface area (Å²) < 4.78 is 46.5. The third-order valence-corrected chi connectivity index (χ3v) is 9.58. The largest absolute Gasteiger partial charge is 0.360 e. The van der Waals surface area contributed by atoms with E-state index in [1.165, 1.54) is 6.07 Å². The van der Waals surface area contributed by atoms with Gasteiger partial charge in [0, 0.05) is 24.2 Å². The van der Waals surface area contributed by atoms with E-state index in [2.05, 4.69) is 22.4 Å². The molecule has 3 aliphatic heterocycles. The van der Waals surface area contributed by atoms with Gasteiger partial charge < -0.3 is 14.7 Å². The van der Waals surface area contributed by atoms with E-state index < -0.39 is 16.2 Å². The number of carbonyl (C=O) groups is 1. The molecular formula is C21H31FN4O4S. The second kappa shape index (κ2) is 8.12. The highest BCUT2D eigenvalue weighted by Gasteiger charge is 2.47. The van der Waals surface area contributed by atoms with Gasteiger partial charge >= 0.3 is 0 Å². The smallest absolute Gasteiger partial charge is 0.273 e. The number of rotatable bonds is 6. The van der Waals surface area contributed by atoms with Gasteiger partial charge in [-0.3, -0.25) is 4.79 Å². The van der Waals surface area contributed by atoms with Crippen LogP contribution >= 0.6 is 0 Å². The zero-order valence-electron chi connectivity index (χ0n) is 17.9. The van der Waals surface area contributed by atoms with Gasteiger partial charge in [0.15, 0.2) is 5.69 Å². The van der Waals surface area contributed by atoms with E-state index in [0.29, 0.717) is 25.0 Å². The quantitative estimate of drug-likeness (QED) is 0.705. The van der Waals surface area contributed by atoms with E-state index >= 15 is 0 Å². The van der Waals surface area contributed by atoms with E-state index in [-0.39, 0.29) is 47.3 Å². The van der Waals surface area contributed by atoms with Crippen molar-refractivity contribution in [1.82, 2.24) is 19.7 Å². The average Bonchev–Trinajstić information content (AvgIpc) is 3.13. The number of alkyl halides is 1. The molecule has 8 nitrogen and oxygen atoms in total. The second-order valence-corrected chi connectivity index (χ2v) is 11.8. The maximum absolute atomic E-state index is 13.2. The molecule has 0 spiro atoms. The molecule has 3 saturated heterocycles. The zero-order chi connectivity index (χ0) is 21.8. The van der Waals surface area contributed by atoms with Crippen molar-refractivity contribution in [2.45, 2.75) is 75.2 Å². The molecule has 1 aromatic heterocycles. The normalized spacial score (nSPS) is 34.7. The molecule has 0 aromatic carbocycles. The summed E-state index contributed by atoms with van der Waals surface area (Å²) in [7, 11) is -1.23. The number of fused-ring (bicyclic) bond motifs is 2. The van der Waals surface area contributed by atoms with Crippen LogP contribution in [0.25, 0.3) is 0 Å². The van der Waals surface area contributed by atoms with Crippen LogP contribution in [0, 0.1) is 5.92 Å². The SMILES string of the molecule is CN1CCC(CS(=O)(=O)N2[C@@H]3CC[C@H]2CC(NC(=O)c2cc([C@@H]4C[C@H]4F)on2)C3)CC1. The van der Waals surface area contributed by atoms with Crippen molar-refractivity contribution >= 4 is 15.9 Å². The molecule has 31 heavy (non-hydrogen) atoms. The fourth-order valence-electron chi connectivity index (χ4n) is 5.61. The van der Waals surface area contributed by atoms with Crippen molar-refractivity contribution in [1.29, 1.82) is 0 Å². The van der Waals surface area contributed by atoms with Crippen molar-refractivity contribution in [3.63, 3.8) is 0 Å². The molecule has 1 saturated carbocycles. The molecule has 4 heterocycles. The lowest BCUT2D eigenvalue weighted by atomic mass is 9.99. The average molecular weight is 455 g/mol. The lowest BCUT2D eigenvalue weighted by Crippen LogP contribution is -2.53. The molecule has 0 radical (unpaired) electrons. The Labute approximate surface area is 182 Å². The first kappa shape index (κ1) is 21.3. The molecule has 4 fully saturated rings. The molecule has 1 aromatic rings. The van der Waals surface area contributed by atoms with Gasteiger partial charge in [-0.15, -0.1) is 0 Å². The van der Waals surface area contributed by atoms with Gasteiger partial charge in [-0.05, 0) is 71.0 Å². The van der Waals surface area contributed by atoms with Crippen molar-refractivity contribution in [3.8, 4) is 0 Å². The van der Waals surface area contributed by atoms with Gasteiger partial charge in [0.25, 0.3) is 5.91 Å². The van der Waals surface area contributed by atoms with Crippen LogP contribution in [0.15, 0.2) is 10.6 Å². The molecule has 5 atom stereocenters. The number of carbonyl (C=O) groups excluding carboxylic acids is 1. The van der Waals surface area contributed by atoms with Gasteiger partial charge in [-0.2, -0.15) is 4.31 Å². The molecule has 172 valence electrons. The number of aromatic nitrogens is 1. The third-order valence-electron chi connectivity index (χ3n) is 7.45. The number of nitrogens with zero attached hydrogens (tertiary/aromatic N) is 3. The molecule has 2 bridgehead atoms. The fourth-order valence-corrected chi connectivity index (χ4v) is 8.00. The lowest BCUT2D eigenvalue weighted by Gasteiger charge is -2.39. The highest BCUT2D eigenvalue weighted by molar-refractivity contribution is 7.89. The van der Waals surface area contributed by atoms with Crippen LogP contribution in [-0.4, -0.2) is 78.9 Å². The van der Waals surface area contributed by atoms with Gasteiger partial charge in [-0.1, -0.05) is 5.16 Å². The predicted octanol–water partition coefficient (Wildman–Crippen LogP) is 1.90. The number of nitrogens with one attached hydrogen (secondary N) is 1. The highest BCUT2D eigenvalue weighted by atomic mass is 32.2. The monoisotopic (exact) mass is 454 g/mol. The minimum atomic E-state index is -3.31. The van der Waals surface area contributed by atoms with E-state index in [9.17, 15) is 17.6 Å². The highest BCUT2D eigenvalue weighted by Crippen LogP contribution is 2.43. The van der Waals surface area contributed by atoms with Crippen molar-refractivity contribution < 1.29 is 22.1 Å². The van der Waals surface area contributed by atoms with E-state index in [4.69, 9.17) is 4.52 Å². The minimum Gasteiger partial charge on any atom is -0.360 e. The Kier molecular flexibility index (Phi) is 5.58. The Hall–Kier alpha value is -1.52. The standard InChI is InChI=1S/C21H31FN4O4S/c1-25-6-4-13(5-7-25)12-31(28,29)26-15-2-3-16(26)9-14(8-15)23-21(27)19-11-20(30-24-19)17-10-18(17)22/h11,13-18H,2-10,12H2,1H3,(H,23,27)/t14?,15-,16+,17-,18-/m1/s1. The van der Waals surface area contributed by atoms with Crippen LogP contribution in [-0.2, 0) is 10.0 Å². The maximum Gasteiger partial charge on any atom is 0.273 e. The molecule has 10 heteroatoms. The summed E-state index contributed by atoms with van der Waals surface area (Å²) in [5, 5.41) is 6.79. The topological polar surface area (TPSA) is 95.8 Å². The number of likely N-dealkylation sites (tertiary alicyclic amines) is 1.